The van der Waals surface area contributed by atoms with E-state index >= 15 is 0 Å². The third-order valence-corrected chi connectivity index (χ3v) is 6.48. The number of ether oxygens (including phenoxy) is 1. The number of rotatable bonds is 6. The molecule has 0 aliphatic heterocycles. The molecule has 0 bridgehead atoms. The van der Waals surface area contributed by atoms with Gasteiger partial charge in [-0.3, -0.25) is 9.36 Å². The molecule has 0 radical (unpaired) electrons. The first-order valence-corrected chi connectivity index (χ1v) is 11.1. The van der Waals surface area contributed by atoms with E-state index in [-0.39, 0.29) is 16.9 Å². The fraction of sp³-hybridized carbons (Fsp3) is 0.150. The quantitative estimate of drug-likeness (QED) is 0.233. The van der Waals surface area contributed by atoms with E-state index in [1.54, 1.807) is 4.57 Å². The van der Waals surface area contributed by atoms with Crippen LogP contribution in [0.3, 0.4) is 0 Å². The number of fused-ring (bicyclic) bond motifs is 1. The molecule has 5 nitrogen and oxygen atoms in total. The summed E-state index contributed by atoms with van der Waals surface area (Å²) < 4.78 is 35.3. The molecule has 0 fully saturated rings. The van der Waals surface area contributed by atoms with Crippen molar-refractivity contribution in [3.05, 3.63) is 74.0 Å². The molecule has 0 saturated carbocycles. The van der Waals surface area contributed by atoms with E-state index in [9.17, 15) is 13.6 Å². The Morgan fingerprint density at radius 2 is 2.00 bits per heavy atom. The normalized spacial score (nSPS) is 11.2. The number of aromatic nitrogens is 3. The molecule has 0 amide bonds. The summed E-state index contributed by atoms with van der Waals surface area (Å²) >= 11 is 7.73. The molecule has 0 spiro atoms. The molecule has 0 aliphatic carbocycles. The highest BCUT2D eigenvalue weighted by Crippen LogP contribution is 2.27. The highest BCUT2D eigenvalue weighted by Gasteiger charge is 2.15. The Balaban J connectivity index is 1.72. The number of hydrogen-bond acceptors (Lipinski definition) is 6. The Morgan fingerprint density at radius 3 is 2.73 bits per heavy atom. The fourth-order valence-corrected chi connectivity index (χ4v) is 4.95. The molecule has 4 aromatic rings. The molecule has 2 heterocycles. The van der Waals surface area contributed by atoms with Crippen molar-refractivity contribution in [3.8, 4) is 11.4 Å². The summed E-state index contributed by atoms with van der Waals surface area (Å²) in [5.41, 5.74) is 1.03. The van der Waals surface area contributed by atoms with Gasteiger partial charge in [0.25, 0.3) is 5.56 Å². The second kappa shape index (κ2) is 8.66. The number of H-pyrrole nitrogens is 1. The molecule has 0 saturated heterocycles. The van der Waals surface area contributed by atoms with Crippen molar-refractivity contribution >= 4 is 45.7 Å². The van der Waals surface area contributed by atoms with Crippen molar-refractivity contribution < 1.29 is 13.5 Å². The lowest BCUT2D eigenvalue weighted by Gasteiger charge is -2.08. The van der Waals surface area contributed by atoms with E-state index in [2.05, 4.69) is 9.97 Å². The Labute approximate surface area is 183 Å². The number of hydrogen-bond donors (Lipinski definition) is 1. The molecular formula is C20H15F2N3O2S3. The van der Waals surface area contributed by atoms with Gasteiger partial charge < -0.3 is 9.72 Å². The standard InChI is InChI=1S/C20H15F2N3O2S3/c1-2-27-14-6-4-13(5-7-14)25-17-16(30-20(25)28)18(26)24-19(23-17)29-10-11-9-12(21)3-8-15(11)22/h3-9H,2,10H2,1H3,(H,23,24,26). The van der Waals surface area contributed by atoms with Crippen molar-refractivity contribution in [1.29, 1.82) is 0 Å². The second-order valence-electron chi connectivity index (χ2n) is 6.18. The number of nitrogens with zero attached hydrogens (tertiary/aromatic N) is 2. The summed E-state index contributed by atoms with van der Waals surface area (Å²) in [7, 11) is 0. The first-order chi connectivity index (χ1) is 14.5. The van der Waals surface area contributed by atoms with Crippen molar-refractivity contribution in [2.45, 2.75) is 17.8 Å². The Hall–Kier alpha value is -2.56. The molecular weight excluding hydrogens is 448 g/mol. The van der Waals surface area contributed by atoms with E-state index in [1.165, 1.54) is 0 Å². The minimum absolute atomic E-state index is 0.117. The van der Waals surface area contributed by atoms with Crippen LogP contribution in [0.1, 0.15) is 12.5 Å². The maximum atomic E-state index is 13.9. The predicted octanol–water partition coefficient (Wildman–Crippen LogP) is 5.47. The van der Waals surface area contributed by atoms with E-state index in [4.69, 9.17) is 17.0 Å². The molecule has 4 rings (SSSR count). The number of nitrogens with one attached hydrogen (secondary N) is 1. The maximum Gasteiger partial charge on any atom is 0.271 e. The molecule has 1 N–H and O–H groups in total. The van der Waals surface area contributed by atoms with E-state index in [0.717, 1.165) is 52.7 Å². The van der Waals surface area contributed by atoms with Crippen LogP contribution in [0.5, 0.6) is 5.75 Å². The van der Waals surface area contributed by atoms with Crippen LogP contribution < -0.4 is 10.3 Å². The van der Waals surface area contributed by atoms with Gasteiger partial charge in [0.1, 0.15) is 22.1 Å². The fourth-order valence-electron chi connectivity index (χ4n) is 2.85. The molecule has 0 unspecified atom stereocenters. The summed E-state index contributed by atoms with van der Waals surface area (Å²) in [5, 5.41) is 0.295. The maximum absolute atomic E-state index is 13.9. The van der Waals surface area contributed by atoms with Gasteiger partial charge in [0, 0.05) is 17.0 Å². The van der Waals surface area contributed by atoms with Crippen LogP contribution in [0.15, 0.2) is 52.4 Å². The van der Waals surface area contributed by atoms with Gasteiger partial charge in [-0.25, -0.2) is 13.8 Å². The molecule has 0 aliphatic rings. The van der Waals surface area contributed by atoms with Crippen molar-refractivity contribution in [3.63, 3.8) is 0 Å². The summed E-state index contributed by atoms with van der Waals surface area (Å²) in [6.07, 6.45) is 0. The van der Waals surface area contributed by atoms with Crippen LogP contribution in [-0.4, -0.2) is 21.1 Å². The zero-order chi connectivity index (χ0) is 21.3. The average molecular weight is 464 g/mol. The highest BCUT2D eigenvalue weighted by atomic mass is 32.2. The lowest BCUT2D eigenvalue weighted by atomic mass is 10.2. The summed E-state index contributed by atoms with van der Waals surface area (Å²) in [5.74, 6) is -0.191. The topological polar surface area (TPSA) is 59.9 Å². The lowest BCUT2D eigenvalue weighted by molar-refractivity contribution is 0.340. The zero-order valence-corrected chi connectivity index (χ0v) is 18.1. The predicted molar refractivity (Wildman–Crippen MR) is 117 cm³/mol. The number of thiazole rings is 1. The Kier molecular flexibility index (Phi) is 5.98. The zero-order valence-electron chi connectivity index (χ0n) is 15.6. The molecule has 10 heteroatoms. The van der Waals surface area contributed by atoms with Crippen LogP contribution in [0.4, 0.5) is 8.78 Å². The molecule has 2 aromatic heterocycles. The van der Waals surface area contributed by atoms with Gasteiger partial charge in [-0.1, -0.05) is 23.1 Å². The Morgan fingerprint density at radius 1 is 1.23 bits per heavy atom. The van der Waals surface area contributed by atoms with Crippen LogP contribution >= 0.6 is 35.3 Å². The largest absolute Gasteiger partial charge is 0.494 e. The van der Waals surface area contributed by atoms with Crippen LogP contribution in [0, 0.1) is 15.6 Å². The van der Waals surface area contributed by atoms with Crippen LogP contribution in [-0.2, 0) is 5.75 Å². The van der Waals surface area contributed by atoms with Crippen molar-refractivity contribution in [1.82, 2.24) is 14.5 Å². The van der Waals surface area contributed by atoms with Crippen molar-refractivity contribution in [2.75, 3.05) is 6.61 Å². The first kappa shape index (κ1) is 20.7. The molecule has 0 atom stereocenters. The van der Waals surface area contributed by atoms with Crippen LogP contribution in [0.2, 0.25) is 0 Å². The smallest absolute Gasteiger partial charge is 0.271 e. The van der Waals surface area contributed by atoms with Gasteiger partial charge in [0.15, 0.2) is 14.8 Å². The van der Waals surface area contributed by atoms with E-state index in [1.807, 2.05) is 31.2 Å². The average Bonchev–Trinajstić information content (AvgIpc) is 3.06. The Bertz CT molecular complexity index is 1330. The van der Waals surface area contributed by atoms with Gasteiger partial charge in [-0.2, -0.15) is 0 Å². The van der Waals surface area contributed by atoms with Gasteiger partial charge in [0.05, 0.1) is 6.61 Å². The van der Waals surface area contributed by atoms with Crippen molar-refractivity contribution in [2.24, 2.45) is 0 Å². The number of benzene rings is 2. The first-order valence-electron chi connectivity index (χ1n) is 8.92. The number of halogens is 2. The minimum atomic E-state index is -0.522. The number of thioether (sulfide) groups is 1. The third kappa shape index (κ3) is 4.16. The molecule has 2 aromatic carbocycles. The summed E-state index contributed by atoms with van der Waals surface area (Å²) in [6, 6.07) is 10.6. The van der Waals surface area contributed by atoms with Gasteiger partial charge in [0.2, 0.25) is 0 Å². The van der Waals surface area contributed by atoms with E-state index in [0.29, 0.717) is 26.1 Å². The second-order valence-corrected chi connectivity index (χ2v) is 8.79. The molecule has 30 heavy (non-hydrogen) atoms. The molecule has 154 valence electrons. The third-order valence-electron chi connectivity index (χ3n) is 4.20. The monoisotopic (exact) mass is 463 g/mol. The van der Waals surface area contributed by atoms with Gasteiger partial charge in [-0.15, -0.1) is 0 Å². The van der Waals surface area contributed by atoms with Crippen LogP contribution in [0.25, 0.3) is 16.0 Å². The van der Waals surface area contributed by atoms with Gasteiger partial charge in [-0.05, 0) is 61.6 Å². The van der Waals surface area contributed by atoms with Gasteiger partial charge >= 0.3 is 0 Å². The SMILES string of the molecule is CCOc1ccc(-n2c(=S)sc3c(=O)[nH]c(SCc4cc(F)ccc4F)nc32)cc1. The summed E-state index contributed by atoms with van der Waals surface area (Å²) in [6.45, 7) is 2.46. The van der Waals surface area contributed by atoms with E-state index < -0.39 is 11.6 Å². The summed E-state index contributed by atoms with van der Waals surface area (Å²) in [4.78, 5) is 19.8. The lowest BCUT2D eigenvalue weighted by Crippen LogP contribution is -2.09. The minimum Gasteiger partial charge on any atom is -0.494 e. The highest BCUT2D eigenvalue weighted by molar-refractivity contribution is 7.98. The number of aromatic amines is 1.